The molecule has 6 heteroatoms. The minimum absolute atomic E-state index is 0.0263. The lowest BCUT2D eigenvalue weighted by molar-refractivity contribution is -0.138. The molecule has 0 aromatic heterocycles. The number of nitrogens with zero attached hydrogens (tertiary/aromatic N) is 2. The molecule has 2 amide bonds. The molecule has 0 spiro atoms. The Morgan fingerprint density at radius 3 is 2.68 bits per heavy atom. The molecule has 1 aromatic carbocycles. The monoisotopic (exact) mass is 348 g/mol. The first-order valence-corrected chi connectivity index (χ1v) is 8.96. The van der Waals surface area contributed by atoms with E-state index in [1.54, 1.807) is 19.1 Å². The van der Waals surface area contributed by atoms with E-state index in [9.17, 15) is 14.0 Å². The summed E-state index contributed by atoms with van der Waals surface area (Å²) in [6.07, 6.45) is 2.10. The zero-order valence-corrected chi connectivity index (χ0v) is 14.8. The summed E-state index contributed by atoms with van der Waals surface area (Å²) in [5.41, 5.74) is 1.07. The van der Waals surface area contributed by atoms with E-state index in [1.165, 1.54) is 11.0 Å². The second-order valence-corrected chi connectivity index (χ2v) is 6.82. The molecule has 2 heterocycles. The van der Waals surface area contributed by atoms with Gasteiger partial charge in [-0.15, -0.1) is 0 Å². The molecule has 2 aliphatic heterocycles. The van der Waals surface area contributed by atoms with Gasteiger partial charge in [0.1, 0.15) is 5.82 Å². The lowest BCUT2D eigenvalue weighted by Gasteiger charge is -2.33. The molecule has 2 aliphatic rings. The third-order valence-corrected chi connectivity index (χ3v) is 5.10. The zero-order chi connectivity index (χ0) is 18.0. The molecular weight excluding hydrogens is 323 g/mol. The van der Waals surface area contributed by atoms with E-state index in [0.717, 1.165) is 12.8 Å². The number of likely N-dealkylation sites (tertiary alicyclic amines) is 1. The van der Waals surface area contributed by atoms with Gasteiger partial charge in [0.05, 0.1) is 12.0 Å². The number of hydrogen-bond donors (Lipinski definition) is 0. The van der Waals surface area contributed by atoms with Crippen LogP contribution in [0.25, 0.3) is 0 Å². The highest BCUT2D eigenvalue weighted by molar-refractivity contribution is 6.00. The van der Waals surface area contributed by atoms with Crippen molar-refractivity contribution < 1.29 is 18.7 Å². The van der Waals surface area contributed by atoms with E-state index in [1.807, 2.05) is 11.8 Å². The van der Waals surface area contributed by atoms with E-state index in [4.69, 9.17) is 4.74 Å². The van der Waals surface area contributed by atoms with Crippen molar-refractivity contribution in [1.82, 2.24) is 4.90 Å². The molecule has 2 fully saturated rings. The quantitative estimate of drug-likeness (QED) is 0.840. The Morgan fingerprint density at radius 2 is 2.04 bits per heavy atom. The molecular formula is C19H25FN2O3. The predicted molar refractivity (Wildman–Crippen MR) is 92.8 cm³/mol. The van der Waals surface area contributed by atoms with Crippen molar-refractivity contribution >= 4 is 17.5 Å². The fourth-order valence-corrected chi connectivity index (χ4v) is 3.61. The lowest BCUT2D eigenvalue weighted by atomic mass is 10.0. The van der Waals surface area contributed by atoms with Gasteiger partial charge in [-0.25, -0.2) is 4.39 Å². The Kier molecular flexibility index (Phi) is 5.37. The number of aryl methyl sites for hydroxylation is 1. The van der Waals surface area contributed by atoms with E-state index in [2.05, 4.69) is 0 Å². The van der Waals surface area contributed by atoms with Crippen LogP contribution < -0.4 is 4.90 Å². The molecule has 0 radical (unpaired) electrons. The normalized spacial score (nSPS) is 21.9. The predicted octanol–water partition coefficient (Wildman–Crippen LogP) is 2.51. The van der Waals surface area contributed by atoms with Crippen LogP contribution in [0.15, 0.2) is 18.2 Å². The second-order valence-electron chi connectivity index (χ2n) is 6.82. The molecule has 1 unspecified atom stereocenters. The van der Waals surface area contributed by atoms with Gasteiger partial charge in [0, 0.05) is 38.3 Å². The highest BCUT2D eigenvalue weighted by atomic mass is 19.1. The standard InChI is InChI=1S/C19H25FN2O3/c1-3-25-16-6-8-21(9-7-16)19(24)14-10-18(23)22(12-14)15-5-4-13(2)17(20)11-15/h4-5,11,14,16H,3,6-10,12H2,1-2H3. The minimum atomic E-state index is -0.347. The Bertz CT molecular complexity index is 656. The molecule has 136 valence electrons. The maximum Gasteiger partial charge on any atom is 0.228 e. The Balaban J connectivity index is 1.62. The van der Waals surface area contributed by atoms with Gasteiger partial charge in [-0.3, -0.25) is 9.59 Å². The SMILES string of the molecule is CCOC1CCN(C(=O)C2CC(=O)N(c3ccc(C)c(F)c3)C2)CC1. The van der Waals surface area contributed by atoms with Crippen molar-refractivity contribution in [3.8, 4) is 0 Å². The van der Waals surface area contributed by atoms with Crippen LogP contribution in [0.2, 0.25) is 0 Å². The summed E-state index contributed by atoms with van der Waals surface area (Å²) in [4.78, 5) is 28.4. The molecule has 0 bridgehead atoms. The molecule has 0 N–H and O–H groups in total. The summed E-state index contributed by atoms with van der Waals surface area (Å²) >= 11 is 0. The first kappa shape index (κ1) is 17.9. The highest BCUT2D eigenvalue weighted by Crippen LogP contribution is 2.28. The van der Waals surface area contributed by atoms with Gasteiger partial charge in [0.15, 0.2) is 0 Å². The van der Waals surface area contributed by atoms with Crippen molar-refractivity contribution in [1.29, 1.82) is 0 Å². The van der Waals surface area contributed by atoms with Crippen molar-refractivity contribution in [2.24, 2.45) is 5.92 Å². The van der Waals surface area contributed by atoms with Crippen LogP contribution in [-0.2, 0) is 14.3 Å². The van der Waals surface area contributed by atoms with Gasteiger partial charge in [-0.2, -0.15) is 0 Å². The largest absolute Gasteiger partial charge is 0.378 e. The molecule has 1 aromatic rings. The van der Waals surface area contributed by atoms with E-state index >= 15 is 0 Å². The minimum Gasteiger partial charge on any atom is -0.378 e. The number of hydrogen-bond acceptors (Lipinski definition) is 3. The van der Waals surface area contributed by atoms with Crippen molar-refractivity contribution in [2.45, 2.75) is 39.2 Å². The van der Waals surface area contributed by atoms with Crippen LogP contribution in [0.1, 0.15) is 31.7 Å². The number of halogens is 1. The summed E-state index contributed by atoms with van der Waals surface area (Å²) in [6, 6.07) is 4.76. The van der Waals surface area contributed by atoms with Crippen LogP contribution in [0.4, 0.5) is 10.1 Å². The van der Waals surface area contributed by atoms with Crippen molar-refractivity contribution in [2.75, 3.05) is 31.1 Å². The maximum atomic E-state index is 13.8. The number of carbonyl (C=O) groups is 2. The number of benzene rings is 1. The van der Waals surface area contributed by atoms with Gasteiger partial charge in [-0.05, 0) is 44.4 Å². The number of ether oxygens (including phenoxy) is 1. The first-order chi connectivity index (χ1) is 12.0. The summed E-state index contributed by atoms with van der Waals surface area (Å²) in [6.45, 7) is 6.03. The number of carbonyl (C=O) groups excluding carboxylic acids is 2. The average Bonchev–Trinajstić information content (AvgIpc) is 2.99. The van der Waals surface area contributed by atoms with Gasteiger partial charge in [-0.1, -0.05) is 6.07 Å². The Hall–Kier alpha value is -1.95. The molecule has 2 saturated heterocycles. The van der Waals surface area contributed by atoms with Crippen LogP contribution in [0.3, 0.4) is 0 Å². The third-order valence-electron chi connectivity index (χ3n) is 5.10. The van der Waals surface area contributed by atoms with Gasteiger partial charge in [0.25, 0.3) is 0 Å². The fourth-order valence-electron chi connectivity index (χ4n) is 3.61. The zero-order valence-electron chi connectivity index (χ0n) is 14.8. The number of piperidine rings is 1. The van der Waals surface area contributed by atoms with E-state index in [0.29, 0.717) is 37.5 Å². The topological polar surface area (TPSA) is 49.9 Å². The molecule has 25 heavy (non-hydrogen) atoms. The molecule has 0 aliphatic carbocycles. The Labute approximate surface area is 147 Å². The van der Waals surface area contributed by atoms with Gasteiger partial charge >= 0.3 is 0 Å². The maximum absolute atomic E-state index is 13.8. The fraction of sp³-hybridized carbons (Fsp3) is 0.579. The summed E-state index contributed by atoms with van der Waals surface area (Å²) < 4.78 is 19.4. The van der Waals surface area contributed by atoms with Crippen molar-refractivity contribution in [3.63, 3.8) is 0 Å². The third kappa shape index (κ3) is 3.84. The van der Waals surface area contributed by atoms with Crippen LogP contribution in [0.5, 0.6) is 0 Å². The number of rotatable bonds is 4. The summed E-state index contributed by atoms with van der Waals surface area (Å²) in [7, 11) is 0. The van der Waals surface area contributed by atoms with Crippen LogP contribution in [-0.4, -0.2) is 49.1 Å². The van der Waals surface area contributed by atoms with Gasteiger partial charge in [0.2, 0.25) is 11.8 Å². The molecule has 5 nitrogen and oxygen atoms in total. The number of amides is 2. The van der Waals surface area contributed by atoms with Crippen molar-refractivity contribution in [3.05, 3.63) is 29.6 Å². The van der Waals surface area contributed by atoms with Crippen LogP contribution in [0, 0.1) is 18.7 Å². The molecule has 0 saturated carbocycles. The molecule has 1 atom stereocenters. The van der Waals surface area contributed by atoms with E-state index < -0.39 is 0 Å². The Morgan fingerprint density at radius 1 is 1.32 bits per heavy atom. The molecule has 3 rings (SSSR count). The summed E-state index contributed by atoms with van der Waals surface area (Å²) in [5, 5.41) is 0. The summed E-state index contributed by atoms with van der Waals surface area (Å²) in [5.74, 6) is -0.775. The van der Waals surface area contributed by atoms with Crippen LogP contribution >= 0.6 is 0 Å². The first-order valence-electron chi connectivity index (χ1n) is 8.96. The van der Waals surface area contributed by atoms with E-state index in [-0.39, 0.29) is 36.1 Å². The second kappa shape index (κ2) is 7.52. The highest BCUT2D eigenvalue weighted by Gasteiger charge is 2.38. The lowest BCUT2D eigenvalue weighted by Crippen LogP contribution is -2.44. The number of anilines is 1. The average molecular weight is 348 g/mol. The smallest absolute Gasteiger partial charge is 0.228 e. The van der Waals surface area contributed by atoms with Gasteiger partial charge < -0.3 is 14.5 Å².